The molecular formula is C12H10ClF3N2. The zero-order valence-corrected chi connectivity index (χ0v) is 10.5. The average molecular weight is 275 g/mol. The number of alkyl halides is 3. The molecule has 0 aliphatic carbocycles. The first-order valence-electron chi connectivity index (χ1n) is 5.33. The largest absolute Gasteiger partial charge is 0.416 e. The van der Waals surface area contributed by atoms with E-state index < -0.39 is 11.7 Å². The van der Waals surface area contributed by atoms with Gasteiger partial charge in [0.1, 0.15) is 0 Å². The van der Waals surface area contributed by atoms with E-state index in [1.807, 2.05) is 13.8 Å². The molecule has 0 N–H and O–H groups in total. The number of halogens is 4. The lowest BCUT2D eigenvalue weighted by Gasteiger charge is -2.12. The topological polar surface area (TPSA) is 25.8 Å². The van der Waals surface area contributed by atoms with Gasteiger partial charge in [-0.1, -0.05) is 13.8 Å². The fourth-order valence-corrected chi connectivity index (χ4v) is 1.92. The van der Waals surface area contributed by atoms with E-state index in [1.165, 1.54) is 6.07 Å². The minimum atomic E-state index is -4.37. The van der Waals surface area contributed by atoms with Crippen molar-refractivity contribution in [2.24, 2.45) is 0 Å². The molecule has 0 saturated heterocycles. The van der Waals surface area contributed by atoms with Crippen molar-refractivity contribution in [2.45, 2.75) is 25.9 Å². The number of fused-ring (bicyclic) bond motifs is 1. The van der Waals surface area contributed by atoms with Crippen LogP contribution in [0.2, 0.25) is 5.28 Å². The monoisotopic (exact) mass is 274 g/mol. The molecule has 0 radical (unpaired) electrons. The van der Waals surface area contributed by atoms with Crippen LogP contribution >= 0.6 is 11.6 Å². The second kappa shape index (κ2) is 4.39. The van der Waals surface area contributed by atoms with Crippen LogP contribution in [0.15, 0.2) is 18.2 Å². The van der Waals surface area contributed by atoms with Crippen LogP contribution in [-0.4, -0.2) is 9.97 Å². The standard InChI is InChI=1S/C12H10ClF3N2/c1-6(2)10-8-5-7(12(14,15)16)3-4-9(8)17-11(13)18-10/h3-6H,1-2H3. The fraction of sp³-hybridized carbons (Fsp3) is 0.333. The van der Waals surface area contributed by atoms with E-state index in [-0.39, 0.29) is 11.2 Å². The first kappa shape index (κ1) is 13.1. The van der Waals surface area contributed by atoms with Crippen LogP contribution in [0.25, 0.3) is 10.9 Å². The van der Waals surface area contributed by atoms with Gasteiger partial charge >= 0.3 is 6.18 Å². The van der Waals surface area contributed by atoms with E-state index in [4.69, 9.17) is 11.6 Å². The third-order valence-electron chi connectivity index (χ3n) is 2.57. The summed E-state index contributed by atoms with van der Waals surface area (Å²) < 4.78 is 38.0. The normalized spacial score (nSPS) is 12.4. The van der Waals surface area contributed by atoms with E-state index in [0.717, 1.165) is 12.1 Å². The number of nitrogens with zero attached hydrogens (tertiary/aromatic N) is 2. The van der Waals surface area contributed by atoms with E-state index in [0.29, 0.717) is 16.6 Å². The summed E-state index contributed by atoms with van der Waals surface area (Å²) >= 11 is 5.75. The van der Waals surface area contributed by atoms with Crippen molar-refractivity contribution in [1.29, 1.82) is 0 Å². The summed E-state index contributed by atoms with van der Waals surface area (Å²) in [4.78, 5) is 7.94. The number of aromatic nitrogens is 2. The van der Waals surface area contributed by atoms with Crippen LogP contribution in [0.5, 0.6) is 0 Å². The molecule has 0 atom stereocenters. The molecule has 0 unspecified atom stereocenters. The Labute approximate surface area is 107 Å². The SMILES string of the molecule is CC(C)c1nc(Cl)nc2ccc(C(F)(F)F)cc12. The van der Waals surface area contributed by atoms with E-state index in [2.05, 4.69) is 9.97 Å². The molecule has 0 aliphatic heterocycles. The van der Waals surface area contributed by atoms with Crippen molar-refractivity contribution in [3.63, 3.8) is 0 Å². The van der Waals surface area contributed by atoms with Gasteiger partial charge < -0.3 is 0 Å². The number of benzene rings is 1. The highest BCUT2D eigenvalue weighted by Gasteiger charge is 2.31. The van der Waals surface area contributed by atoms with Crippen LogP contribution in [0.1, 0.15) is 31.0 Å². The van der Waals surface area contributed by atoms with Gasteiger partial charge in [-0.05, 0) is 35.7 Å². The van der Waals surface area contributed by atoms with Crippen LogP contribution < -0.4 is 0 Å². The van der Waals surface area contributed by atoms with E-state index in [9.17, 15) is 13.2 Å². The third kappa shape index (κ3) is 2.41. The molecule has 18 heavy (non-hydrogen) atoms. The summed E-state index contributed by atoms with van der Waals surface area (Å²) in [5.41, 5.74) is 0.241. The van der Waals surface area contributed by atoms with Crippen LogP contribution in [0.3, 0.4) is 0 Å². The maximum absolute atomic E-state index is 12.7. The molecule has 0 amide bonds. The lowest BCUT2D eigenvalue weighted by atomic mass is 10.0. The molecule has 1 aromatic carbocycles. The van der Waals surface area contributed by atoms with E-state index in [1.54, 1.807) is 0 Å². The predicted molar refractivity (Wildman–Crippen MR) is 63.6 cm³/mol. The van der Waals surface area contributed by atoms with Crippen molar-refractivity contribution >= 4 is 22.5 Å². The molecule has 2 nitrogen and oxygen atoms in total. The van der Waals surface area contributed by atoms with Gasteiger partial charge in [0.25, 0.3) is 0 Å². The summed E-state index contributed by atoms with van der Waals surface area (Å²) in [7, 11) is 0. The zero-order chi connectivity index (χ0) is 13.5. The maximum atomic E-state index is 12.7. The molecule has 1 aromatic heterocycles. The Balaban J connectivity index is 2.75. The Bertz CT molecular complexity index is 594. The van der Waals surface area contributed by atoms with Crippen molar-refractivity contribution in [3.8, 4) is 0 Å². The molecule has 6 heteroatoms. The second-order valence-corrected chi connectivity index (χ2v) is 4.60. The smallest absolute Gasteiger partial charge is 0.222 e. The highest BCUT2D eigenvalue weighted by molar-refractivity contribution is 6.28. The van der Waals surface area contributed by atoms with Gasteiger partial charge in [0.15, 0.2) is 0 Å². The Morgan fingerprint density at radius 3 is 2.39 bits per heavy atom. The van der Waals surface area contributed by atoms with Crippen LogP contribution in [0.4, 0.5) is 13.2 Å². The Hall–Kier alpha value is -1.36. The summed E-state index contributed by atoms with van der Waals surface area (Å²) in [5.74, 6) is -0.0310. The summed E-state index contributed by atoms with van der Waals surface area (Å²) in [6, 6.07) is 3.38. The van der Waals surface area contributed by atoms with Crippen molar-refractivity contribution < 1.29 is 13.2 Å². The van der Waals surface area contributed by atoms with E-state index >= 15 is 0 Å². The molecule has 96 valence electrons. The molecule has 1 heterocycles. The second-order valence-electron chi connectivity index (χ2n) is 4.26. The number of hydrogen-bond donors (Lipinski definition) is 0. The lowest BCUT2D eigenvalue weighted by Crippen LogP contribution is -2.06. The average Bonchev–Trinajstić information content (AvgIpc) is 2.25. The third-order valence-corrected chi connectivity index (χ3v) is 2.74. The van der Waals surface area contributed by atoms with Crippen LogP contribution in [-0.2, 0) is 6.18 Å². The Morgan fingerprint density at radius 2 is 1.83 bits per heavy atom. The van der Waals surface area contributed by atoms with Gasteiger partial charge in [-0.2, -0.15) is 13.2 Å². The number of rotatable bonds is 1. The molecule has 0 saturated carbocycles. The van der Waals surface area contributed by atoms with Gasteiger partial charge in [-0.25, -0.2) is 9.97 Å². The first-order chi connectivity index (χ1) is 8.29. The van der Waals surface area contributed by atoms with Crippen LogP contribution in [0, 0.1) is 0 Å². The number of hydrogen-bond acceptors (Lipinski definition) is 2. The Kier molecular flexibility index (Phi) is 3.19. The summed E-state index contributed by atoms with van der Waals surface area (Å²) in [6.07, 6.45) is -4.37. The summed E-state index contributed by atoms with van der Waals surface area (Å²) in [6.45, 7) is 3.69. The molecule has 2 aromatic rings. The Morgan fingerprint density at radius 1 is 1.17 bits per heavy atom. The maximum Gasteiger partial charge on any atom is 0.416 e. The van der Waals surface area contributed by atoms with Crippen molar-refractivity contribution in [1.82, 2.24) is 9.97 Å². The lowest BCUT2D eigenvalue weighted by molar-refractivity contribution is -0.137. The first-order valence-corrected chi connectivity index (χ1v) is 5.71. The highest BCUT2D eigenvalue weighted by Crippen LogP contribution is 2.33. The van der Waals surface area contributed by atoms with Crippen molar-refractivity contribution in [2.75, 3.05) is 0 Å². The minimum absolute atomic E-state index is 0.0310. The molecule has 0 fully saturated rings. The minimum Gasteiger partial charge on any atom is -0.222 e. The van der Waals surface area contributed by atoms with Gasteiger partial charge in [0.2, 0.25) is 5.28 Å². The fourth-order valence-electron chi connectivity index (χ4n) is 1.74. The van der Waals surface area contributed by atoms with Gasteiger partial charge in [0.05, 0.1) is 16.8 Å². The molecule has 0 bridgehead atoms. The van der Waals surface area contributed by atoms with Gasteiger partial charge in [-0.15, -0.1) is 0 Å². The predicted octanol–water partition coefficient (Wildman–Crippen LogP) is 4.43. The molecule has 0 aliphatic rings. The molecular weight excluding hydrogens is 265 g/mol. The van der Waals surface area contributed by atoms with Gasteiger partial charge in [0, 0.05) is 5.39 Å². The molecule has 2 rings (SSSR count). The van der Waals surface area contributed by atoms with Crippen molar-refractivity contribution in [3.05, 3.63) is 34.7 Å². The molecule has 0 spiro atoms. The zero-order valence-electron chi connectivity index (χ0n) is 9.72. The highest BCUT2D eigenvalue weighted by atomic mass is 35.5. The summed E-state index contributed by atoms with van der Waals surface area (Å²) in [5, 5.41) is 0.440. The van der Waals surface area contributed by atoms with Gasteiger partial charge in [-0.3, -0.25) is 0 Å². The quantitative estimate of drug-likeness (QED) is 0.719.